The van der Waals surface area contributed by atoms with Crippen molar-refractivity contribution in [2.75, 3.05) is 11.9 Å². The molecule has 0 fully saturated rings. The molecule has 2 amide bonds. The van der Waals surface area contributed by atoms with E-state index in [-0.39, 0.29) is 24.2 Å². The zero-order chi connectivity index (χ0) is 24.0. The zero-order valence-electron chi connectivity index (χ0n) is 18.8. The van der Waals surface area contributed by atoms with E-state index in [2.05, 4.69) is 10.6 Å². The van der Waals surface area contributed by atoms with Crippen molar-refractivity contribution in [3.05, 3.63) is 77.9 Å². The van der Waals surface area contributed by atoms with Crippen LogP contribution in [0.5, 0.6) is 0 Å². The summed E-state index contributed by atoms with van der Waals surface area (Å²) in [7, 11) is 0. The van der Waals surface area contributed by atoms with Crippen molar-refractivity contribution in [1.82, 2.24) is 5.32 Å². The molecule has 0 bridgehead atoms. The van der Waals surface area contributed by atoms with E-state index in [0.29, 0.717) is 16.8 Å². The second-order valence-corrected chi connectivity index (χ2v) is 7.96. The van der Waals surface area contributed by atoms with Gasteiger partial charge in [-0.25, -0.2) is 0 Å². The van der Waals surface area contributed by atoms with Gasteiger partial charge in [-0.3, -0.25) is 19.2 Å². The van der Waals surface area contributed by atoms with Gasteiger partial charge in [-0.15, -0.1) is 0 Å². The predicted octanol–water partition coefficient (Wildman–Crippen LogP) is 3.98. The number of hydrogen-bond acceptors (Lipinski definition) is 5. The molecule has 7 heteroatoms. The SMILES string of the molecule is CC(C)C(=O)Nc1ccc(C(=O)C(C)OC(=O)CNC(=O)c2ccc3ccccc3c2)cc1. The molecule has 0 spiro atoms. The van der Waals surface area contributed by atoms with Crippen molar-refractivity contribution < 1.29 is 23.9 Å². The second-order valence-electron chi connectivity index (χ2n) is 7.96. The number of ether oxygens (including phenoxy) is 1. The molecule has 0 aromatic heterocycles. The largest absolute Gasteiger partial charge is 0.453 e. The van der Waals surface area contributed by atoms with Gasteiger partial charge in [0.05, 0.1) is 0 Å². The highest BCUT2D eigenvalue weighted by atomic mass is 16.5. The number of ketones is 1. The van der Waals surface area contributed by atoms with E-state index in [0.717, 1.165) is 10.8 Å². The van der Waals surface area contributed by atoms with Gasteiger partial charge in [0, 0.05) is 22.7 Å². The van der Waals surface area contributed by atoms with Crippen LogP contribution in [-0.4, -0.2) is 36.2 Å². The summed E-state index contributed by atoms with van der Waals surface area (Å²) in [6.45, 7) is 4.68. The van der Waals surface area contributed by atoms with Crippen LogP contribution in [0, 0.1) is 5.92 Å². The summed E-state index contributed by atoms with van der Waals surface area (Å²) < 4.78 is 5.18. The number of nitrogens with one attached hydrogen (secondary N) is 2. The minimum absolute atomic E-state index is 0.123. The van der Waals surface area contributed by atoms with Gasteiger partial charge in [-0.2, -0.15) is 0 Å². The average molecular weight is 447 g/mol. The van der Waals surface area contributed by atoms with Crippen molar-refractivity contribution >= 4 is 40.0 Å². The summed E-state index contributed by atoms with van der Waals surface area (Å²) in [5.74, 6) is -1.79. The van der Waals surface area contributed by atoms with E-state index in [9.17, 15) is 19.2 Å². The number of fused-ring (bicyclic) bond motifs is 1. The lowest BCUT2D eigenvalue weighted by Crippen LogP contribution is -2.34. The Kier molecular flexibility index (Phi) is 7.56. The van der Waals surface area contributed by atoms with Crippen LogP contribution in [0.3, 0.4) is 0 Å². The maximum Gasteiger partial charge on any atom is 0.326 e. The second kappa shape index (κ2) is 10.5. The highest BCUT2D eigenvalue weighted by Gasteiger charge is 2.20. The molecule has 3 rings (SSSR count). The number of rotatable bonds is 8. The first-order valence-corrected chi connectivity index (χ1v) is 10.7. The molecule has 0 aliphatic heterocycles. The highest BCUT2D eigenvalue weighted by molar-refractivity contribution is 6.02. The third-order valence-corrected chi connectivity index (χ3v) is 5.04. The van der Waals surface area contributed by atoms with Gasteiger partial charge in [0.25, 0.3) is 5.91 Å². The molecule has 33 heavy (non-hydrogen) atoms. The maximum atomic E-state index is 12.6. The number of hydrogen-bond donors (Lipinski definition) is 2. The molecule has 1 atom stereocenters. The molecule has 0 saturated carbocycles. The van der Waals surface area contributed by atoms with Crippen molar-refractivity contribution in [2.24, 2.45) is 5.92 Å². The van der Waals surface area contributed by atoms with Crippen LogP contribution in [0.2, 0.25) is 0 Å². The fourth-order valence-electron chi connectivity index (χ4n) is 3.12. The monoisotopic (exact) mass is 446 g/mol. The Bertz CT molecular complexity index is 1180. The first-order valence-electron chi connectivity index (χ1n) is 10.7. The molecule has 7 nitrogen and oxygen atoms in total. The van der Waals surface area contributed by atoms with E-state index in [1.807, 2.05) is 30.3 Å². The summed E-state index contributed by atoms with van der Waals surface area (Å²) in [5, 5.41) is 7.19. The van der Waals surface area contributed by atoms with Gasteiger partial charge in [0.1, 0.15) is 6.54 Å². The van der Waals surface area contributed by atoms with Gasteiger partial charge < -0.3 is 15.4 Å². The number of anilines is 1. The van der Waals surface area contributed by atoms with E-state index >= 15 is 0 Å². The van der Waals surface area contributed by atoms with Crippen LogP contribution in [-0.2, 0) is 14.3 Å². The number of benzene rings is 3. The van der Waals surface area contributed by atoms with Crippen LogP contribution >= 0.6 is 0 Å². The molecule has 0 heterocycles. The Morgan fingerprint density at radius 3 is 2.12 bits per heavy atom. The lowest BCUT2D eigenvalue weighted by atomic mass is 10.1. The zero-order valence-corrected chi connectivity index (χ0v) is 18.8. The average Bonchev–Trinajstić information content (AvgIpc) is 2.82. The maximum absolute atomic E-state index is 12.6. The first kappa shape index (κ1) is 23.7. The molecule has 0 aliphatic carbocycles. The summed E-state index contributed by atoms with van der Waals surface area (Å²) >= 11 is 0. The summed E-state index contributed by atoms with van der Waals surface area (Å²) in [4.78, 5) is 48.8. The van der Waals surface area contributed by atoms with Gasteiger partial charge in [-0.05, 0) is 54.1 Å². The Hall–Kier alpha value is -4.00. The van der Waals surface area contributed by atoms with Crippen LogP contribution in [0.1, 0.15) is 41.5 Å². The number of carbonyl (C=O) groups is 4. The summed E-state index contributed by atoms with van der Waals surface area (Å²) in [5.41, 5.74) is 1.35. The normalized spacial score (nSPS) is 11.6. The molecule has 3 aromatic carbocycles. The third kappa shape index (κ3) is 6.26. The van der Waals surface area contributed by atoms with Crippen molar-refractivity contribution in [3.8, 4) is 0 Å². The molecular formula is C26H26N2O5. The Morgan fingerprint density at radius 1 is 0.818 bits per heavy atom. The number of Topliss-reactive ketones (excluding diaryl/α,β-unsaturated/α-hetero) is 1. The molecule has 0 saturated heterocycles. The van der Waals surface area contributed by atoms with Gasteiger partial charge >= 0.3 is 5.97 Å². The number of esters is 1. The minimum atomic E-state index is -1.02. The summed E-state index contributed by atoms with van der Waals surface area (Å²) in [6, 6.07) is 19.3. The molecule has 2 N–H and O–H groups in total. The van der Waals surface area contributed by atoms with E-state index in [4.69, 9.17) is 4.74 Å². The molecule has 170 valence electrons. The van der Waals surface area contributed by atoms with Gasteiger partial charge in [0.15, 0.2) is 6.10 Å². The predicted molar refractivity (Wildman–Crippen MR) is 126 cm³/mol. The molecule has 3 aromatic rings. The fourth-order valence-corrected chi connectivity index (χ4v) is 3.12. The standard InChI is InChI=1S/C26H26N2O5/c1-16(2)25(31)28-22-12-10-19(11-13-22)24(30)17(3)33-23(29)15-27-26(32)21-9-8-18-6-4-5-7-20(18)14-21/h4-14,16-17H,15H2,1-3H3,(H,27,32)(H,28,31). The number of amides is 2. The third-order valence-electron chi connectivity index (χ3n) is 5.04. The molecule has 0 aliphatic rings. The van der Waals surface area contributed by atoms with E-state index < -0.39 is 18.0 Å². The van der Waals surface area contributed by atoms with Crippen molar-refractivity contribution in [2.45, 2.75) is 26.9 Å². The fraction of sp³-hybridized carbons (Fsp3) is 0.231. The van der Waals surface area contributed by atoms with Gasteiger partial charge in [0.2, 0.25) is 11.7 Å². The molecule has 1 unspecified atom stereocenters. The van der Waals surface area contributed by atoms with Crippen LogP contribution < -0.4 is 10.6 Å². The quantitative estimate of drug-likeness (QED) is 0.403. The molecular weight excluding hydrogens is 420 g/mol. The van der Waals surface area contributed by atoms with E-state index in [1.54, 1.807) is 50.2 Å². The smallest absolute Gasteiger partial charge is 0.326 e. The lowest BCUT2D eigenvalue weighted by molar-refractivity contribution is -0.145. The van der Waals surface area contributed by atoms with Crippen LogP contribution in [0.15, 0.2) is 66.7 Å². The Balaban J connectivity index is 1.51. The van der Waals surface area contributed by atoms with Crippen molar-refractivity contribution in [3.63, 3.8) is 0 Å². The highest BCUT2D eigenvalue weighted by Crippen LogP contribution is 2.16. The Labute approximate surface area is 192 Å². The first-order chi connectivity index (χ1) is 15.7. The topological polar surface area (TPSA) is 102 Å². The summed E-state index contributed by atoms with van der Waals surface area (Å²) in [6.07, 6.45) is -1.02. The minimum Gasteiger partial charge on any atom is -0.453 e. The van der Waals surface area contributed by atoms with E-state index in [1.165, 1.54) is 6.92 Å². The van der Waals surface area contributed by atoms with Gasteiger partial charge in [-0.1, -0.05) is 44.2 Å². The van der Waals surface area contributed by atoms with Crippen molar-refractivity contribution in [1.29, 1.82) is 0 Å². The number of carbonyl (C=O) groups excluding carboxylic acids is 4. The van der Waals surface area contributed by atoms with Crippen LogP contribution in [0.4, 0.5) is 5.69 Å². The molecule has 0 radical (unpaired) electrons. The lowest BCUT2D eigenvalue weighted by Gasteiger charge is -2.13. The Morgan fingerprint density at radius 2 is 1.45 bits per heavy atom. The van der Waals surface area contributed by atoms with Crippen LogP contribution in [0.25, 0.3) is 10.8 Å².